The van der Waals surface area contributed by atoms with Crippen LogP contribution in [-0.4, -0.2) is 42.4 Å². The van der Waals surface area contributed by atoms with Crippen LogP contribution < -0.4 is 0 Å². The average Bonchev–Trinajstić information content (AvgIpc) is 2.71. The Morgan fingerprint density at radius 3 is 2.45 bits per heavy atom. The van der Waals surface area contributed by atoms with Gasteiger partial charge in [0.15, 0.2) is 0 Å². The van der Waals surface area contributed by atoms with Crippen molar-refractivity contribution < 1.29 is 44.5 Å². The number of nitrogens with zero attached hydrogens (tertiary/aromatic N) is 1. The summed E-state index contributed by atoms with van der Waals surface area (Å²) < 4.78 is 77.4. The molecule has 1 aliphatic heterocycles. The lowest BCUT2D eigenvalue weighted by Gasteiger charge is -2.53. The Morgan fingerprint density at radius 2 is 1.93 bits per heavy atom. The number of benzene rings is 1. The molecule has 164 valence electrons. The van der Waals surface area contributed by atoms with Gasteiger partial charge in [-0.05, 0) is 26.3 Å². The lowest BCUT2D eigenvalue weighted by Crippen LogP contribution is -2.57. The molecular weight excluding hydrogens is 419 g/mol. The second-order valence-corrected chi connectivity index (χ2v) is 8.36. The minimum absolute atomic E-state index is 0.0222. The minimum atomic E-state index is -5.32. The molecule has 0 amide bonds. The third-order valence-electron chi connectivity index (χ3n) is 5.00. The van der Waals surface area contributed by atoms with E-state index in [0.29, 0.717) is 12.0 Å². The molecule has 1 N–H and O–H groups in total. The molecule has 0 fully saturated rings. The molecular formula is C17H22F3NO7S. The largest absolute Gasteiger partial charge is 0.629 e. The number of hydroxylamine groups is 3. The number of esters is 1. The van der Waals surface area contributed by atoms with Gasteiger partial charge >= 0.3 is 22.5 Å². The number of alkyl halides is 3. The Hall–Kier alpha value is -1.73. The molecule has 1 heterocycles. The fourth-order valence-corrected chi connectivity index (χ4v) is 4.10. The highest BCUT2D eigenvalue weighted by Gasteiger charge is 2.58. The lowest BCUT2D eigenvalue weighted by atomic mass is 9.93. The monoisotopic (exact) mass is 441 g/mol. The quantitative estimate of drug-likeness (QED) is 0.299. The molecule has 0 radical (unpaired) electrons. The Morgan fingerprint density at radius 1 is 1.34 bits per heavy atom. The second kappa shape index (κ2) is 7.84. The van der Waals surface area contributed by atoms with Crippen molar-refractivity contribution >= 4 is 16.4 Å². The van der Waals surface area contributed by atoms with E-state index in [-0.39, 0.29) is 12.0 Å². The fourth-order valence-electron chi connectivity index (χ4n) is 3.60. The highest BCUT2D eigenvalue weighted by Crippen LogP contribution is 2.53. The van der Waals surface area contributed by atoms with Crippen LogP contribution >= 0.6 is 0 Å². The van der Waals surface area contributed by atoms with Gasteiger partial charge in [0, 0.05) is 5.56 Å². The number of quaternary nitrogens is 1. The Labute approximate surface area is 166 Å². The number of fused-ring (bicyclic) bond motifs is 1. The molecule has 8 nitrogen and oxygen atoms in total. The highest BCUT2D eigenvalue weighted by atomic mass is 32.3. The van der Waals surface area contributed by atoms with Crippen molar-refractivity contribution in [2.75, 3.05) is 6.54 Å². The SMILES string of the molecule is CCCC(C[N+]1([O-])C(OC(=O)C(F)(F)F)c2ccccc2C1(C)C)OS(=O)(=O)O. The smallest absolute Gasteiger partial charge is 0.491 e. The van der Waals surface area contributed by atoms with E-state index in [1.807, 2.05) is 0 Å². The van der Waals surface area contributed by atoms with E-state index >= 15 is 0 Å². The van der Waals surface area contributed by atoms with Crippen LogP contribution in [0.15, 0.2) is 24.3 Å². The summed E-state index contributed by atoms with van der Waals surface area (Å²) in [5.74, 6) is -2.53. The number of carbonyl (C=O) groups is 1. The average molecular weight is 441 g/mol. The molecule has 1 aromatic rings. The summed E-state index contributed by atoms with van der Waals surface area (Å²) in [6, 6.07) is 5.97. The Bertz CT molecular complexity index is 872. The van der Waals surface area contributed by atoms with Crippen molar-refractivity contribution in [2.24, 2.45) is 0 Å². The van der Waals surface area contributed by atoms with Crippen molar-refractivity contribution in [3.05, 3.63) is 40.6 Å². The van der Waals surface area contributed by atoms with Gasteiger partial charge < -0.3 is 14.6 Å². The predicted octanol–water partition coefficient (Wildman–Crippen LogP) is 3.34. The molecule has 0 spiro atoms. The number of ether oxygens (including phenoxy) is 1. The van der Waals surface area contributed by atoms with Gasteiger partial charge in [-0.3, -0.25) is 4.55 Å². The Balaban J connectivity index is 2.53. The van der Waals surface area contributed by atoms with Crippen molar-refractivity contribution in [3.63, 3.8) is 0 Å². The number of rotatable bonds is 7. The van der Waals surface area contributed by atoms with Gasteiger partial charge in [0.2, 0.25) is 0 Å². The van der Waals surface area contributed by atoms with Crippen molar-refractivity contribution in [1.82, 2.24) is 0 Å². The van der Waals surface area contributed by atoms with Crippen LogP contribution in [-0.2, 0) is 29.7 Å². The summed E-state index contributed by atoms with van der Waals surface area (Å²) in [6.45, 7) is 3.90. The zero-order chi connectivity index (χ0) is 22.3. The van der Waals surface area contributed by atoms with Crippen LogP contribution in [0.3, 0.4) is 0 Å². The van der Waals surface area contributed by atoms with Crippen molar-refractivity contribution in [1.29, 1.82) is 0 Å². The van der Waals surface area contributed by atoms with Gasteiger partial charge in [-0.2, -0.15) is 21.6 Å². The maximum atomic E-state index is 13.9. The summed E-state index contributed by atoms with van der Waals surface area (Å²) in [5, 5.41) is 13.9. The van der Waals surface area contributed by atoms with Gasteiger partial charge in [-0.25, -0.2) is 8.98 Å². The molecule has 3 unspecified atom stereocenters. The predicted molar refractivity (Wildman–Crippen MR) is 94.2 cm³/mol. The molecule has 0 saturated carbocycles. The van der Waals surface area contributed by atoms with Gasteiger partial charge in [0.1, 0.15) is 18.2 Å². The highest BCUT2D eigenvalue weighted by molar-refractivity contribution is 7.80. The number of carbonyl (C=O) groups excluding carboxylic acids is 1. The maximum absolute atomic E-state index is 13.9. The van der Waals surface area contributed by atoms with Crippen molar-refractivity contribution in [3.8, 4) is 0 Å². The fraction of sp³-hybridized carbons (Fsp3) is 0.588. The van der Waals surface area contributed by atoms with E-state index in [1.54, 1.807) is 13.0 Å². The maximum Gasteiger partial charge on any atom is 0.491 e. The molecule has 0 aliphatic carbocycles. The topological polar surface area (TPSA) is 113 Å². The first kappa shape index (κ1) is 23.5. The summed E-state index contributed by atoms with van der Waals surface area (Å²) >= 11 is 0. The molecule has 1 aliphatic rings. The first-order valence-corrected chi connectivity index (χ1v) is 10.1. The number of halogens is 3. The van der Waals surface area contributed by atoms with E-state index in [9.17, 15) is 31.6 Å². The van der Waals surface area contributed by atoms with Crippen LogP contribution in [0, 0.1) is 5.21 Å². The van der Waals surface area contributed by atoms with E-state index < -0.39 is 51.6 Å². The summed E-state index contributed by atoms with van der Waals surface area (Å²) in [7, 11) is -4.92. The van der Waals surface area contributed by atoms with Gasteiger partial charge in [-0.15, -0.1) is 0 Å². The third-order valence-corrected chi connectivity index (χ3v) is 5.52. The molecule has 29 heavy (non-hydrogen) atoms. The zero-order valence-corrected chi connectivity index (χ0v) is 16.8. The van der Waals surface area contributed by atoms with E-state index in [4.69, 9.17) is 4.55 Å². The Kier molecular flexibility index (Phi) is 6.36. The van der Waals surface area contributed by atoms with Gasteiger partial charge in [0.05, 0.1) is 5.56 Å². The standard InChI is InChI=1S/C17H22F3NO7S/c1-4-7-11(28-29(24,25)26)10-21(23)14(27-15(22)17(18,19)20)12-8-5-6-9-13(12)16(21,2)3/h5-6,8-9,11,14H,4,7,10H2,1-3H3,(H,24,25,26). The van der Waals surface area contributed by atoms with Crippen LogP contribution in [0.5, 0.6) is 0 Å². The third kappa shape index (κ3) is 4.72. The van der Waals surface area contributed by atoms with Crippen LogP contribution in [0.4, 0.5) is 13.2 Å². The molecule has 2 rings (SSSR count). The second-order valence-electron chi connectivity index (χ2n) is 7.31. The summed E-state index contributed by atoms with van der Waals surface area (Å²) in [6.07, 6.45) is -8.16. The summed E-state index contributed by atoms with van der Waals surface area (Å²) in [4.78, 5) is 11.5. The van der Waals surface area contributed by atoms with Crippen LogP contribution in [0.1, 0.15) is 51.0 Å². The molecule has 0 saturated heterocycles. The minimum Gasteiger partial charge on any atom is -0.629 e. The first-order valence-electron chi connectivity index (χ1n) is 8.75. The molecule has 3 atom stereocenters. The number of hydrogen-bond donors (Lipinski definition) is 1. The van der Waals surface area contributed by atoms with Gasteiger partial charge in [-0.1, -0.05) is 31.5 Å². The first-order chi connectivity index (χ1) is 13.1. The van der Waals surface area contributed by atoms with Crippen LogP contribution in [0.2, 0.25) is 0 Å². The molecule has 0 aromatic heterocycles. The van der Waals surface area contributed by atoms with E-state index in [2.05, 4.69) is 8.92 Å². The molecule has 12 heteroatoms. The molecule has 1 aromatic carbocycles. The van der Waals surface area contributed by atoms with Crippen molar-refractivity contribution in [2.45, 2.75) is 57.7 Å². The van der Waals surface area contributed by atoms with Gasteiger partial charge in [0.25, 0.3) is 6.23 Å². The summed E-state index contributed by atoms with van der Waals surface area (Å²) in [5.41, 5.74) is -0.953. The lowest BCUT2D eigenvalue weighted by molar-refractivity contribution is -0.977. The number of hydrogen-bond acceptors (Lipinski definition) is 6. The van der Waals surface area contributed by atoms with Crippen LogP contribution in [0.25, 0.3) is 0 Å². The van der Waals surface area contributed by atoms with E-state index in [1.165, 1.54) is 32.0 Å². The zero-order valence-electron chi connectivity index (χ0n) is 16.0. The normalized spacial score (nSPS) is 24.8. The van der Waals surface area contributed by atoms with E-state index in [0.717, 1.165) is 0 Å². The molecule has 0 bridgehead atoms.